The summed E-state index contributed by atoms with van der Waals surface area (Å²) in [5, 5.41) is 14.8. The van der Waals surface area contributed by atoms with Gasteiger partial charge in [0.05, 0.1) is 29.3 Å². The van der Waals surface area contributed by atoms with Crippen molar-refractivity contribution in [2.24, 2.45) is 0 Å². The third kappa shape index (κ3) is 3.49. The van der Waals surface area contributed by atoms with Crippen molar-refractivity contribution in [1.29, 1.82) is 0 Å². The van der Waals surface area contributed by atoms with E-state index in [2.05, 4.69) is 10.3 Å². The quantitative estimate of drug-likeness (QED) is 0.501. The number of carbonyl (C=O) groups excluding carboxylic acids is 1. The molecule has 0 saturated carbocycles. The summed E-state index contributed by atoms with van der Waals surface area (Å²) >= 11 is 0. The number of aromatic nitrogens is 1. The number of nitro benzene ring substituents is 1. The Balaban J connectivity index is 2.20. The van der Waals surface area contributed by atoms with Gasteiger partial charge in [-0.1, -0.05) is 12.1 Å². The van der Waals surface area contributed by atoms with E-state index in [1.54, 1.807) is 32.0 Å². The van der Waals surface area contributed by atoms with Crippen LogP contribution in [0.3, 0.4) is 0 Å². The maximum absolute atomic E-state index is 11.3. The van der Waals surface area contributed by atoms with E-state index >= 15 is 0 Å². The lowest BCUT2D eigenvalue weighted by Crippen LogP contribution is -2.12. The number of anilines is 1. The SMILES string of the molecule is CCOC(=O)CCNc1cc2cccc([N+](=O)[O-])c2nc1C. The third-order valence-electron chi connectivity index (χ3n) is 3.16. The van der Waals surface area contributed by atoms with Crippen LogP contribution < -0.4 is 5.32 Å². The van der Waals surface area contributed by atoms with Crippen LogP contribution in [-0.2, 0) is 9.53 Å². The van der Waals surface area contributed by atoms with Crippen molar-refractivity contribution >= 4 is 28.2 Å². The minimum atomic E-state index is -0.442. The van der Waals surface area contributed by atoms with Gasteiger partial charge in [-0.25, -0.2) is 4.98 Å². The van der Waals surface area contributed by atoms with Gasteiger partial charge in [0.2, 0.25) is 0 Å². The van der Waals surface area contributed by atoms with Crippen molar-refractivity contribution in [2.45, 2.75) is 20.3 Å². The topological polar surface area (TPSA) is 94.4 Å². The van der Waals surface area contributed by atoms with Crippen molar-refractivity contribution in [2.75, 3.05) is 18.5 Å². The molecule has 1 aromatic heterocycles. The number of ether oxygens (including phenoxy) is 1. The molecule has 1 heterocycles. The zero-order chi connectivity index (χ0) is 16.1. The lowest BCUT2D eigenvalue weighted by atomic mass is 10.1. The number of para-hydroxylation sites is 1. The normalized spacial score (nSPS) is 10.5. The van der Waals surface area contributed by atoms with Gasteiger partial charge in [-0.3, -0.25) is 14.9 Å². The molecule has 0 unspecified atom stereocenters. The van der Waals surface area contributed by atoms with Gasteiger partial charge in [-0.15, -0.1) is 0 Å². The van der Waals surface area contributed by atoms with Crippen molar-refractivity contribution in [1.82, 2.24) is 4.98 Å². The molecule has 0 amide bonds. The second kappa shape index (κ2) is 6.84. The number of nitrogens with zero attached hydrogens (tertiary/aromatic N) is 2. The summed E-state index contributed by atoms with van der Waals surface area (Å²) in [6.07, 6.45) is 0.250. The van der Waals surface area contributed by atoms with Crippen molar-refractivity contribution < 1.29 is 14.5 Å². The number of carbonyl (C=O) groups is 1. The van der Waals surface area contributed by atoms with Crippen LogP contribution >= 0.6 is 0 Å². The first-order valence-electron chi connectivity index (χ1n) is 6.97. The molecule has 22 heavy (non-hydrogen) atoms. The monoisotopic (exact) mass is 303 g/mol. The minimum absolute atomic E-state index is 0.0151. The smallest absolute Gasteiger partial charge is 0.307 e. The molecule has 7 nitrogen and oxygen atoms in total. The van der Waals surface area contributed by atoms with E-state index in [-0.39, 0.29) is 18.1 Å². The molecule has 0 aliphatic rings. The molecule has 2 aromatic rings. The Kier molecular flexibility index (Phi) is 4.88. The summed E-state index contributed by atoms with van der Waals surface area (Å²) in [4.78, 5) is 26.2. The van der Waals surface area contributed by atoms with Crippen molar-refractivity contribution in [3.63, 3.8) is 0 Å². The van der Waals surface area contributed by atoms with Crippen LogP contribution in [0.15, 0.2) is 24.3 Å². The highest BCUT2D eigenvalue weighted by Crippen LogP contribution is 2.27. The van der Waals surface area contributed by atoms with E-state index < -0.39 is 4.92 Å². The number of pyridine rings is 1. The van der Waals surface area contributed by atoms with Crippen molar-refractivity contribution in [3.05, 3.63) is 40.1 Å². The van der Waals surface area contributed by atoms with Crippen LogP contribution in [0, 0.1) is 17.0 Å². The minimum Gasteiger partial charge on any atom is -0.466 e. The van der Waals surface area contributed by atoms with Gasteiger partial charge in [-0.05, 0) is 19.9 Å². The van der Waals surface area contributed by atoms with Gasteiger partial charge in [0.25, 0.3) is 5.69 Å². The first-order valence-corrected chi connectivity index (χ1v) is 6.97. The second-order valence-electron chi connectivity index (χ2n) is 4.71. The molecule has 0 atom stereocenters. The van der Waals surface area contributed by atoms with Gasteiger partial charge >= 0.3 is 5.97 Å². The molecule has 0 aliphatic carbocycles. The Morgan fingerprint density at radius 2 is 2.23 bits per heavy atom. The maximum Gasteiger partial charge on any atom is 0.307 e. The number of hydrogen-bond acceptors (Lipinski definition) is 6. The molecular formula is C15H17N3O4. The van der Waals surface area contributed by atoms with E-state index in [1.165, 1.54) is 6.07 Å². The average molecular weight is 303 g/mol. The van der Waals surface area contributed by atoms with Crippen LogP contribution in [0.5, 0.6) is 0 Å². The van der Waals surface area contributed by atoms with E-state index in [1.807, 2.05) is 0 Å². The highest BCUT2D eigenvalue weighted by Gasteiger charge is 2.14. The van der Waals surface area contributed by atoms with Gasteiger partial charge in [0, 0.05) is 18.0 Å². The number of hydrogen-bond donors (Lipinski definition) is 1. The molecule has 0 fully saturated rings. The molecule has 0 aliphatic heterocycles. The third-order valence-corrected chi connectivity index (χ3v) is 3.16. The standard InChI is InChI=1S/C15H17N3O4/c1-3-22-14(19)7-8-16-12-9-11-5-4-6-13(18(20)21)15(11)17-10(12)2/h4-6,9,16H,3,7-8H2,1-2H3. The van der Waals surface area contributed by atoms with E-state index in [0.29, 0.717) is 29.7 Å². The predicted octanol–water partition coefficient (Wildman–Crippen LogP) is 2.82. The van der Waals surface area contributed by atoms with E-state index in [9.17, 15) is 14.9 Å². The van der Waals surface area contributed by atoms with Crippen LogP contribution in [0.2, 0.25) is 0 Å². The summed E-state index contributed by atoms with van der Waals surface area (Å²) in [5.74, 6) is -0.267. The summed E-state index contributed by atoms with van der Waals surface area (Å²) in [6, 6.07) is 6.63. The Hall–Kier alpha value is -2.70. The number of nitrogens with one attached hydrogen (secondary N) is 1. The fourth-order valence-electron chi connectivity index (χ4n) is 2.13. The zero-order valence-corrected chi connectivity index (χ0v) is 12.5. The molecule has 0 radical (unpaired) electrons. The number of nitro groups is 1. The molecule has 7 heteroatoms. The molecule has 2 rings (SSSR count). The maximum atomic E-state index is 11.3. The number of non-ortho nitro benzene ring substituents is 1. The average Bonchev–Trinajstić information content (AvgIpc) is 2.47. The number of esters is 1. The van der Waals surface area contributed by atoms with Gasteiger partial charge in [0.1, 0.15) is 5.52 Å². The first kappa shape index (κ1) is 15.7. The summed E-state index contributed by atoms with van der Waals surface area (Å²) in [5.41, 5.74) is 1.74. The highest BCUT2D eigenvalue weighted by atomic mass is 16.6. The molecule has 1 aromatic carbocycles. The fourth-order valence-corrected chi connectivity index (χ4v) is 2.13. The lowest BCUT2D eigenvalue weighted by Gasteiger charge is -2.10. The Labute approximate surface area is 127 Å². The predicted molar refractivity (Wildman–Crippen MR) is 82.9 cm³/mol. The second-order valence-corrected chi connectivity index (χ2v) is 4.71. The number of benzene rings is 1. The van der Waals surface area contributed by atoms with Crippen LogP contribution in [0.1, 0.15) is 19.0 Å². The Bertz CT molecular complexity index is 715. The van der Waals surface area contributed by atoms with E-state index in [0.717, 1.165) is 5.69 Å². The zero-order valence-electron chi connectivity index (χ0n) is 12.5. The van der Waals surface area contributed by atoms with Crippen LogP contribution in [0.4, 0.5) is 11.4 Å². The fraction of sp³-hybridized carbons (Fsp3) is 0.333. The lowest BCUT2D eigenvalue weighted by molar-refractivity contribution is -0.383. The largest absolute Gasteiger partial charge is 0.466 e. The molecule has 0 bridgehead atoms. The number of rotatable bonds is 6. The summed E-state index contributed by atoms with van der Waals surface area (Å²) in [6.45, 7) is 4.30. The molecule has 116 valence electrons. The summed E-state index contributed by atoms with van der Waals surface area (Å²) in [7, 11) is 0. The van der Waals surface area contributed by atoms with Crippen molar-refractivity contribution in [3.8, 4) is 0 Å². The Morgan fingerprint density at radius 1 is 1.45 bits per heavy atom. The number of fused-ring (bicyclic) bond motifs is 1. The molecule has 0 spiro atoms. The van der Waals surface area contributed by atoms with Gasteiger partial charge in [-0.2, -0.15) is 0 Å². The molecular weight excluding hydrogens is 286 g/mol. The van der Waals surface area contributed by atoms with Crippen LogP contribution in [0.25, 0.3) is 10.9 Å². The van der Waals surface area contributed by atoms with Crippen LogP contribution in [-0.4, -0.2) is 29.0 Å². The molecule has 1 N–H and O–H groups in total. The highest BCUT2D eigenvalue weighted by molar-refractivity contribution is 5.89. The first-order chi connectivity index (χ1) is 10.5. The van der Waals surface area contributed by atoms with Gasteiger partial charge < -0.3 is 10.1 Å². The number of aryl methyl sites for hydroxylation is 1. The molecule has 0 saturated heterocycles. The Morgan fingerprint density at radius 3 is 2.91 bits per heavy atom. The van der Waals surface area contributed by atoms with E-state index in [4.69, 9.17) is 4.74 Å². The summed E-state index contributed by atoms with van der Waals surface area (Å²) < 4.78 is 4.85. The van der Waals surface area contributed by atoms with Gasteiger partial charge in [0.15, 0.2) is 0 Å².